The van der Waals surface area contributed by atoms with Crippen molar-refractivity contribution >= 4 is 15.7 Å². The van der Waals surface area contributed by atoms with Crippen LogP contribution in [0.3, 0.4) is 0 Å². The molecule has 164 valence electrons. The highest BCUT2D eigenvalue weighted by molar-refractivity contribution is 7.89. The molecule has 1 fully saturated rings. The molecule has 1 N–H and O–H groups in total. The van der Waals surface area contributed by atoms with Crippen LogP contribution in [-0.4, -0.2) is 72.1 Å². The Morgan fingerprint density at radius 2 is 1.70 bits per heavy atom. The van der Waals surface area contributed by atoms with Crippen molar-refractivity contribution in [3.8, 4) is 0 Å². The summed E-state index contributed by atoms with van der Waals surface area (Å²) in [6.07, 6.45) is 0. The van der Waals surface area contributed by atoms with E-state index < -0.39 is 15.8 Å². The third-order valence-corrected chi connectivity index (χ3v) is 7.25. The first-order valence-electron chi connectivity index (χ1n) is 10.1. The van der Waals surface area contributed by atoms with Crippen LogP contribution in [0, 0.1) is 12.7 Å². The third-order valence-electron chi connectivity index (χ3n) is 5.67. The Kier molecular flexibility index (Phi) is 7.13. The van der Waals surface area contributed by atoms with E-state index in [2.05, 4.69) is 45.8 Å². The van der Waals surface area contributed by atoms with E-state index in [1.54, 1.807) is 6.92 Å². The van der Waals surface area contributed by atoms with Gasteiger partial charge in [0.25, 0.3) is 0 Å². The van der Waals surface area contributed by atoms with Gasteiger partial charge >= 0.3 is 0 Å². The van der Waals surface area contributed by atoms with E-state index in [9.17, 15) is 12.8 Å². The number of halogens is 1. The Hall–Kier alpha value is -2.00. The molecule has 2 aromatic rings. The van der Waals surface area contributed by atoms with Crippen molar-refractivity contribution in [2.75, 3.05) is 58.8 Å². The van der Waals surface area contributed by atoms with Crippen LogP contribution in [0.25, 0.3) is 0 Å². The Balaban J connectivity index is 1.83. The van der Waals surface area contributed by atoms with Gasteiger partial charge in [0.05, 0.1) is 4.90 Å². The molecular formula is C22H31FN4O2S. The Morgan fingerprint density at radius 3 is 2.27 bits per heavy atom. The van der Waals surface area contributed by atoms with Crippen molar-refractivity contribution in [1.29, 1.82) is 0 Å². The van der Waals surface area contributed by atoms with Gasteiger partial charge in [0, 0.05) is 58.5 Å². The molecule has 1 aliphatic heterocycles. The zero-order chi connectivity index (χ0) is 21.9. The molecule has 0 radical (unpaired) electrons. The highest BCUT2D eigenvalue weighted by Crippen LogP contribution is 2.25. The molecule has 0 saturated carbocycles. The quantitative estimate of drug-likeness (QED) is 0.726. The summed E-state index contributed by atoms with van der Waals surface area (Å²) in [5.41, 5.74) is 2.57. The maximum atomic E-state index is 13.4. The van der Waals surface area contributed by atoms with E-state index in [4.69, 9.17) is 0 Å². The number of rotatable bonds is 7. The molecule has 30 heavy (non-hydrogen) atoms. The van der Waals surface area contributed by atoms with Crippen molar-refractivity contribution in [1.82, 2.24) is 14.5 Å². The fraction of sp³-hybridized carbons (Fsp3) is 0.455. The first kappa shape index (κ1) is 22.7. The highest BCUT2D eigenvalue weighted by Gasteiger charge is 2.26. The van der Waals surface area contributed by atoms with E-state index in [0.717, 1.165) is 37.4 Å². The summed E-state index contributed by atoms with van der Waals surface area (Å²) in [5, 5.41) is 0. The molecule has 2 aromatic carbocycles. The molecule has 0 spiro atoms. The number of hydrogen-bond acceptors (Lipinski definition) is 5. The summed E-state index contributed by atoms with van der Waals surface area (Å²) in [5.74, 6) is -0.442. The van der Waals surface area contributed by atoms with Gasteiger partial charge in [-0.15, -0.1) is 0 Å². The second kappa shape index (κ2) is 9.43. The van der Waals surface area contributed by atoms with Crippen LogP contribution in [0.15, 0.2) is 47.4 Å². The summed E-state index contributed by atoms with van der Waals surface area (Å²) in [4.78, 5) is 6.75. The van der Waals surface area contributed by atoms with Gasteiger partial charge in [0.2, 0.25) is 10.0 Å². The van der Waals surface area contributed by atoms with Crippen LogP contribution in [0.2, 0.25) is 0 Å². The van der Waals surface area contributed by atoms with E-state index >= 15 is 0 Å². The number of aryl methyl sites for hydroxylation is 1. The number of anilines is 1. The van der Waals surface area contributed by atoms with Gasteiger partial charge in [-0.1, -0.05) is 12.1 Å². The maximum absolute atomic E-state index is 13.4. The molecule has 0 bridgehead atoms. The molecule has 0 amide bonds. The first-order chi connectivity index (χ1) is 14.2. The summed E-state index contributed by atoms with van der Waals surface area (Å²) >= 11 is 0. The molecule has 0 aromatic heterocycles. The van der Waals surface area contributed by atoms with Crippen LogP contribution in [-0.2, 0) is 10.0 Å². The number of nitrogens with one attached hydrogen (secondary N) is 1. The molecule has 0 aliphatic carbocycles. The zero-order valence-corrected chi connectivity index (χ0v) is 18.9. The standard InChI is InChI=1S/C22H31FN4O2S/c1-17-15-19(23)7-10-22(17)30(28,29)24-16-21(27-13-11-26(4)12-14-27)18-5-8-20(9-6-18)25(2)3/h5-10,15,21,24H,11-14,16H2,1-4H3/t21-/m0/s1. The SMILES string of the molecule is Cc1cc(F)ccc1S(=O)(=O)NC[C@@H](c1ccc(N(C)C)cc1)N1CCN(C)CC1. The Labute approximate surface area is 179 Å². The lowest BCUT2D eigenvalue weighted by atomic mass is 10.0. The fourth-order valence-electron chi connectivity index (χ4n) is 3.77. The number of hydrogen-bond donors (Lipinski definition) is 1. The normalized spacial score (nSPS) is 17.1. The van der Waals surface area contributed by atoms with Crippen LogP contribution in [0.4, 0.5) is 10.1 Å². The minimum absolute atomic E-state index is 0.0783. The van der Waals surface area contributed by atoms with Gasteiger partial charge < -0.3 is 9.80 Å². The van der Waals surface area contributed by atoms with Crippen LogP contribution < -0.4 is 9.62 Å². The molecule has 1 heterocycles. The average Bonchev–Trinajstić information content (AvgIpc) is 2.69. The lowest BCUT2D eigenvalue weighted by Crippen LogP contribution is -2.48. The maximum Gasteiger partial charge on any atom is 0.240 e. The molecular weight excluding hydrogens is 403 g/mol. The smallest absolute Gasteiger partial charge is 0.240 e. The number of piperazine rings is 1. The van der Waals surface area contributed by atoms with E-state index in [0.29, 0.717) is 5.56 Å². The molecule has 3 rings (SSSR count). The van der Waals surface area contributed by atoms with Crippen molar-refractivity contribution in [2.24, 2.45) is 0 Å². The molecule has 6 nitrogen and oxygen atoms in total. The molecule has 1 atom stereocenters. The Morgan fingerprint density at radius 1 is 1.07 bits per heavy atom. The molecule has 1 saturated heterocycles. The van der Waals surface area contributed by atoms with E-state index in [1.165, 1.54) is 18.2 Å². The zero-order valence-electron chi connectivity index (χ0n) is 18.1. The van der Waals surface area contributed by atoms with E-state index in [1.807, 2.05) is 19.0 Å². The molecule has 8 heteroatoms. The monoisotopic (exact) mass is 434 g/mol. The van der Waals surface area contributed by atoms with E-state index in [-0.39, 0.29) is 17.5 Å². The number of sulfonamides is 1. The van der Waals surface area contributed by atoms with Crippen LogP contribution >= 0.6 is 0 Å². The molecule has 0 unspecified atom stereocenters. The predicted octanol–water partition coefficient (Wildman–Crippen LogP) is 2.47. The van der Waals surface area contributed by atoms with Crippen molar-refractivity contribution in [3.63, 3.8) is 0 Å². The predicted molar refractivity (Wildman–Crippen MR) is 119 cm³/mol. The van der Waals surface area contributed by atoms with Gasteiger partial charge in [-0.2, -0.15) is 0 Å². The largest absolute Gasteiger partial charge is 0.378 e. The second-order valence-electron chi connectivity index (χ2n) is 8.10. The van der Waals surface area contributed by atoms with Crippen molar-refractivity contribution < 1.29 is 12.8 Å². The summed E-state index contributed by atoms with van der Waals surface area (Å²) in [7, 11) is 2.34. The first-order valence-corrected chi connectivity index (χ1v) is 11.6. The van der Waals surface area contributed by atoms with Gasteiger partial charge in [-0.25, -0.2) is 17.5 Å². The van der Waals surface area contributed by atoms with Gasteiger partial charge in [0.15, 0.2) is 0 Å². The number of likely N-dealkylation sites (N-methyl/N-ethyl adjacent to an activating group) is 1. The lowest BCUT2D eigenvalue weighted by Gasteiger charge is -2.38. The van der Waals surface area contributed by atoms with Gasteiger partial charge in [-0.3, -0.25) is 4.90 Å². The summed E-state index contributed by atoms with van der Waals surface area (Å²) in [6.45, 7) is 5.48. The Bertz CT molecular complexity index is 956. The minimum Gasteiger partial charge on any atom is -0.378 e. The highest BCUT2D eigenvalue weighted by atomic mass is 32.2. The lowest BCUT2D eigenvalue weighted by molar-refractivity contribution is 0.113. The average molecular weight is 435 g/mol. The van der Waals surface area contributed by atoms with Crippen LogP contribution in [0.1, 0.15) is 17.2 Å². The summed E-state index contributed by atoms with van der Waals surface area (Å²) in [6, 6.07) is 11.9. The number of nitrogens with zero attached hydrogens (tertiary/aromatic N) is 3. The topological polar surface area (TPSA) is 55.9 Å². The van der Waals surface area contributed by atoms with Crippen molar-refractivity contribution in [2.45, 2.75) is 17.9 Å². The van der Waals surface area contributed by atoms with Gasteiger partial charge in [0.1, 0.15) is 5.82 Å². The summed E-state index contributed by atoms with van der Waals surface area (Å²) < 4.78 is 42.0. The van der Waals surface area contributed by atoms with Crippen molar-refractivity contribution in [3.05, 3.63) is 59.4 Å². The minimum atomic E-state index is -3.74. The number of benzene rings is 2. The fourth-order valence-corrected chi connectivity index (χ4v) is 5.03. The molecule has 1 aliphatic rings. The second-order valence-corrected chi connectivity index (χ2v) is 9.84. The van der Waals surface area contributed by atoms with Gasteiger partial charge in [-0.05, 0) is 55.4 Å². The van der Waals surface area contributed by atoms with Crippen LogP contribution in [0.5, 0.6) is 0 Å². The third kappa shape index (κ3) is 5.37.